The first kappa shape index (κ1) is 21.5. The van der Waals surface area contributed by atoms with Crippen LogP contribution in [0.5, 0.6) is 11.5 Å². The van der Waals surface area contributed by atoms with Gasteiger partial charge in [-0.25, -0.2) is 13.6 Å². The van der Waals surface area contributed by atoms with E-state index in [9.17, 15) is 18.4 Å². The summed E-state index contributed by atoms with van der Waals surface area (Å²) in [6, 6.07) is 7.60. The third-order valence-electron chi connectivity index (χ3n) is 4.60. The molecule has 8 heteroatoms. The lowest BCUT2D eigenvalue weighted by Gasteiger charge is -2.24. The van der Waals surface area contributed by atoms with Gasteiger partial charge in [0.25, 0.3) is 5.91 Å². The number of rotatable bonds is 6. The molecule has 2 aromatic carbocycles. The minimum Gasteiger partial charge on any atom is -0.490 e. The van der Waals surface area contributed by atoms with Crippen molar-refractivity contribution in [1.29, 1.82) is 0 Å². The second kappa shape index (κ2) is 9.56. The van der Waals surface area contributed by atoms with Crippen molar-refractivity contribution >= 4 is 11.9 Å². The summed E-state index contributed by atoms with van der Waals surface area (Å²) in [5.74, 6) is -2.15. The zero-order valence-corrected chi connectivity index (χ0v) is 16.7. The van der Waals surface area contributed by atoms with E-state index in [-0.39, 0.29) is 12.0 Å². The molecule has 30 heavy (non-hydrogen) atoms. The van der Waals surface area contributed by atoms with Gasteiger partial charge in [0.2, 0.25) is 0 Å². The number of benzene rings is 2. The predicted octanol–water partition coefficient (Wildman–Crippen LogP) is 3.80. The van der Waals surface area contributed by atoms with Crippen LogP contribution in [0.3, 0.4) is 0 Å². The molecule has 0 radical (unpaired) electrons. The standard InChI is InChI=1S/C22H23F2NO5/c1-13(2)21(14-4-7-18-19(10-14)29-9-3-8-28-18)25-20(26)12-30-22(27)16-6-5-15(23)11-17(16)24/h4-7,10-11,13,21H,3,8-9,12H2,1-2H3,(H,25,26)/t21-/m0/s1. The summed E-state index contributed by atoms with van der Waals surface area (Å²) in [5, 5.41) is 2.82. The Morgan fingerprint density at radius 1 is 1.07 bits per heavy atom. The van der Waals surface area contributed by atoms with Crippen LogP contribution in [0.2, 0.25) is 0 Å². The Balaban J connectivity index is 1.64. The summed E-state index contributed by atoms with van der Waals surface area (Å²) < 4.78 is 42.8. The van der Waals surface area contributed by atoms with E-state index < -0.39 is 35.7 Å². The fourth-order valence-electron chi connectivity index (χ4n) is 3.09. The van der Waals surface area contributed by atoms with Crippen LogP contribution < -0.4 is 14.8 Å². The molecular formula is C22H23F2NO5. The fourth-order valence-corrected chi connectivity index (χ4v) is 3.09. The Morgan fingerprint density at radius 2 is 1.80 bits per heavy atom. The minimum absolute atomic E-state index is 0.0314. The number of hydrogen-bond donors (Lipinski definition) is 1. The quantitative estimate of drug-likeness (QED) is 0.721. The number of fused-ring (bicyclic) bond motifs is 1. The van der Waals surface area contributed by atoms with Gasteiger partial charge in [-0.15, -0.1) is 0 Å². The second-order valence-electron chi connectivity index (χ2n) is 7.25. The van der Waals surface area contributed by atoms with Gasteiger partial charge in [-0.05, 0) is 35.7 Å². The third kappa shape index (κ3) is 5.25. The highest BCUT2D eigenvalue weighted by atomic mass is 19.1. The van der Waals surface area contributed by atoms with Crippen LogP contribution in [-0.2, 0) is 9.53 Å². The van der Waals surface area contributed by atoms with E-state index in [1.807, 2.05) is 26.0 Å². The number of amides is 1. The smallest absolute Gasteiger partial charge is 0.341 e. The lowest BCUT2D eigenvalue weighted by Crippen LogP contribution is -2.35. The molecular weight excluding hydrogens is 396 g/mol. The summed E-state index contributed by atoms with van der Waals surface area (Å²) in [6.07, 6.45) is 0.786. The van der Waals surface area contributed by atoms with Crippen molar-refractivity contribution in [3.05, 3.63) is 59.2 Å². The summed E-state index contributed by atoms with van der Waals surface area (Å²) in [4.78, 5) is 24.3. The molecule has 1 aliphatic heterocycles. The maximum atomic E-state index is 13.7. The molecule has 1 heterocycles. The van der Waals surface area contributed by atoms with Crippen LogP contribution in [0.4, 0.5) is 8.78 Å². The van der Waals surface area contributed by atoms with Crippen LogP contribution >= 0.6 is 0 Å². The van der Waals surface area contributed by atoms with Crippen LogP contribution in [0, 0.1) is 17.6 Å². The van der Waals surface area contributed by atoms with Crippen molar-refractivity contribution in [2.45, 2.75) is 26.3 Å². The number of carbonyl (C=O) groups excluding carboxylic acids is 2. The number of esters is 1. The minimum atomic E-state index is -1.05. The monoisotopic (exact) mass is 419 g/mol. The molecule has 0 spiro atoms. The topological polar surface area (TPSA) is 73.9 Å². The highest BCUT2D eigenvalue weighted by Crippen LogP contribution is 2.34. The Labute approximate surface area is 173 Å². The maximum Gasteiger partial charge on any atom is 0.341 e. The second-order valence-corrected chi connectivity index (χ2v) is 7.25. The van der Waals surface area contributed by atoms with Gasteiger partial charge in [-0.2, -0.15) is 0 Å². The lowest BCUT2D eigenvalue weighted by molar-refractivity contribution is -0.125. The molecule has 160 valence electrons. The van der Waals surface area contributed by atoms with Gasteiger partial charge < -0.3 is 19.5 Å². The van der Waals surface area contributed by atoms with E-state index >= 15 is 0 Å². The van der Waals surface area contributed by atoms with Crippen molar-refractivity contribution in [2.75, 3.05) is 19.8 Å². The van der Waals surface area contributed by atoms with E-state index in [1.54, 1.807) is 6.07 Å². The number of halogens is 2. The predicted molar refractivity (Wildman–Crippen MR) is 104 cm³/mol. The van der Waals surface area contributed by atoms with Crippen LogP contribution in [-0.4, -0.2) is 31.7 Å². The first-order valence-corrected chi connectivity index (χ1v) is 9.66. The number of carbonyl (C=O) groups is 2. The maximum absolute atomic E-state index is 13.7. The molecule has 6 nitrogen and oxygen atoms in total. The molecule has 0 fully saturated rings. The fraction of sp³-hybridized carbons (Fsp3) is 0.364. The first-order valence-electron chi connectivity index (χ1n) is 9.66. The zero-order chi connectivity index (χ0) is 21.7. The third-order valence-corrected chi connectivity index (χ3v) is 4.60. The Kier molecular flexibility index (Phi) is 6.87. The molecule has 0 unspecified atom stereocenters. The van der Waals surface area contributed by atoms with Gasteiger partial charge >= 0.3 is 5.97 Å². The average molecular weight is 419 g/mol. The van der Waals surface area contributed by atoms with E-state index in [0.29, 0.717) is 30.8 Å². The molecule has 0 saturated heterocycles. The molecule has 0 aliphatic carbocycles. The summed E-state index contributed by atoms with van der Waals surface area (Å²) in [6.45, 7) is 4.41. The lowest BCUT2D eigenvalue weighted by atomic mass is 9.95. The van der Waals surface area contributed by atoms with E-state index in [2.05, 4.69) is 5.32 Å². The highest BCUT2D eigenvalue weighted by Gasteiger charge is 2.22. The molecule has 1 N–H and O–H groups in total. The highest BCUT2D eigenvalue weighted by molar-refractivity contribution is 5.91. The van der Waals surface area contributed by atoms with Crippen LogP contribution in [0.1, 0.15) is 42.2 Å². The molecule has 1 amide bonds. The summed E-state index contributed by atoms with van der Waals surface area (Å²) >= 11 is 0. The van der Waals surface area contributed by atoms with E-state index in [0.717, 1.165) is 24.1 Å². The van der Waals surface area contributed by atoms with Crippen LogP contribution in [0.15, 0.2) is 36.4 Å². The van der Waals surface area contributed by atoms with Gasteiger partial charge in [0, 0.05) is 12.5 Å². The van der Waals surface area contributed by atoms with Gasteiger partial charge in [0.1, 0.15) is 11.6 Å². The molecule has 3 rings (SSSR count). The normalized spacial score (nSPS) is 14.0. The van der Waals surface area contributed by atoms with Crippen molar-refractivity contribution in [2.24, 2.45) is 5.92 Å². The molecule has 0 aromatic heterocycles. The van der Waals surface area contributed by atoms with Crippen LogP contribution in [0.25, 0.3) is 0 Å². The Bertz CT molecular complexity index is 932. The van der Waals surface area contributed by atoms with E-state index in [4.69, 9.17) is 14.2 Å². The largest absolute Gasteiger partial charge is 0.490 e. The Morgan fingerprint density at radius 3 is 2.50 bits per heavy atom. The Hall–Kier alpha value is -3.16. The summed E-state index contributed by atoms with van der Waals surface area (Å²) in [7, 11) is 0. The average Bonchev–Trinajstić information content (AvgIpc) is 2.94. The number of ether oxygens (including phenoxy) is 3. The van der Waals surface area contributed by atoms with Gasteiger partial charge in [-0.1, -0.05) is 19.9 Å². The van der Waals surface area contributed by atoms with Crippen molar-refractivity contribution < 1.29 is 32.6 Å². The van der Waals surface area contributed by atoms with Gasteiger partial charge in [0.15, 0.2) is 18.1 Å². The molecule has 0 saturated carbocycles. The zero-order valence-electron chi connectivity index (χ0n) is 16.7. The number of nitrogens with one attached hydrogen (secondary N) is 1. The van der Waals surface area contributed by atoms with Crippen molar-refractivity contribution in [3.63, 3.8) is 0 Å². The molecule has 1 aliphatic rings. The summed E-state index contributed by atoms with van der Waals surface area (Å²) in [5.41, 5.74) is 0.381. The SMILES string of the molecule is CC(C)[C@H](NC(=O)COC(=O)c1ccc(F)cc1F)c1ccc2c(c1)OCCCO2. The molecule has 1 atom stereocenters. The van der Waals surface area contributed by atoms with Gasteiger partial charge in [0.05, 0.1) is 24.8 Å². The van der Waals surface area contributed by atoms with Crippen molar-refractivity contribution in [1.82, 2.24) is 5.32 Å². The van der Waals surface area contributed by atoms with Crippen molar-refractivity contribution in [3.8, 4) is 11.5 Å². The van der Waals surface area contributed by atoms with Gasteiger partial charge in [-0.3, -0.25) is 4.79 Å². The number of hydrogen-bond acceptors (Lipinski definition) is 5. The first-order chi connectivity index (χ1) is 14.3. The van der Waals surface area contributed by atoms with E-state index in [1.165, 1.54) is 0 Å². The molecule has 0 bridgehead atoms. The molecule has 2 aromatic rings.